The lowest BCUT2D eigenvalue weighted by Gasteiger charge is -2.17. The number of likely N-dealkylation sites (N-methyl/N-ethyl adjacent to an activating group) is 1. The average molecular weight is 340 g/mol. The molecule has 1 aromatic carbocycles. The Hall–Kier alpha value is -0.590. The van der Waals surface area contributed by atoms with Gasteiger partial charge in [0.1, 0.15) is 6.61 Å². The number of benzene rings is 1. The van der Waals surface area contributed by atoms with Crippen LogP contribution in [0.15, 0.2) is 28.7 Å². The quantitative estimate of drug-likeness (QED) is 0.767. The van der Waals surface area contributed by atoms with Crippen LogP contribution >= 0.6 is 15.9 Å². The highest BCUT2D eigenvalue weighted by Crippen LogP contribution is 2.16. The summed E-state index contributed by atoms with van der Waals surface area (Å²) in [6.45, 7) is -1.08. The van der Waals surface area contributed by atoms with Crippen molar-refractivity contribution in [2.75, 3.05) is 20.3 Å². The summed E-state index contributed by atoms with van der Waals surface area (Å²) in [5.41, 5.74) is 1.13. The molecule has 0 aromatic heterocycles. The molecule has 0 aliphatic rings. The lowest BCUT2D eigenvalue weighted by molar-refractivity contribution is -0.174. The van der Waals surface area contributed by atoms with Gasteiger partial charge >= 0.3 is 6.18 Å². The fraction of sp³-hybridized carbons (Fsp3) is 0.538. The Kier molecular flexibility index (Phi) is 6.82. The van der Waals surface area contributed by atoms with E-state index in [2.05, 4.69) is 26.0 Å². The van der Waals surface area contributed by atoms with Crippen LogP contribution in [-0.4, -0.2) is 32.5 Å². The smallest absolute Gasteiger partial charge is 0.372 e. The highest BCUT2D eigenvalue weighted by molar-refractivity contribution is 9.10. The molecule has 0 radical (unpaired) electrons. The summed E-state index contributed by atoms with van der Waals surface area (Å²) in [5.74, 6) is 0. The summed E-state index contributed by atoms with van der Waals surface area (Å²) >= 11 is 3.39. The molecule has 0 fully saturated rings. The maximum atomic E-state index is 11.9. The van der Waals surface area contributed by atoms with Crippen molar-refractivity contribution in [3.8, 4) is 0 Å². The molecule has 0 bridgehead atoms. The fourth-order valence-corrected chi connectivity index (χ4v) is 2.16. The van der Waals surface area contributed by atoms with Gasteiger partial charge in [-0.25, -0.2) is 0 Å². The number of halogens is 4. The summed E-state index contributed by atoms with van der Waals surface area (Å²) in [4.78, 5) is 0. The van der Waals surface area contributed by atoms with Crippen LogP contribution < -0.4 is 5.32 Å². The van der Waals surface area contributed by atoms with Gasteiger partial charge < -0.3 is 10.1 Å². The number of nitrogens with one attached hydrogen (secondary N) is 1. The highest BCUT2D eigenvalue weighted by atomic mass is 79.9. The molecule has 0 heterocycles. The van der Waals surface area contributed by atoms with Gasteiger partial charge in [0.05, 0.1) is 0 Å². The second kappa shape index (κ2) is 7.87. The van der Waals surface area contributed by atoms with Crippen LogP contribution in [0.5, 0.6) is 0 Å². The molecule has 1 unspecified atom stereocenters. The van der Waals surface area contributed by atoms with Gasteiger partial charge in [0, 0.05) is 17.1 Å². The zero-order valence-electron chi connectivity index (χ0n) is 10.6. The maximum absolute atomic E-state index is 11.9. The van der Waals surface area contributed by atoms with Crippen LogP contribution in [0.3, 0.4) is 0 Å². The van der Waals surface area contributed by atoms with Crippen molar-refractivity contribution < 1.29 is 17.9 Å². The van der Waals surface area contributed by atoms with Crippen molar-refractivity contribution in [3.05, 3.63) is 34.3 Å². The fourth-order valence-electron chi connectivity index (χ4n) is 1.71. The topological polar surface area (TPSA) is 21.3 Å². The normalized spacial score (nSPS) is 13.5. The van der Waals surface area contributed by atoms with Crippen molar-refractivity contribution in [2.45, 2.75) is 25.1 Å². The van der Waals surface area contributed by atoms with E-state index >= 15 is 0 Å². The van der Waals surface area contributed by atoms with Gasteiger partial charge in [-0.05, 0) is 37.6 Å². The molecule has 0 saturated carbocycles. The molecule has 6 heteroatoms. The standard InChI is InChI=1S/C13H17BrF3NO/c1-18-12(5-6-19-9-13(15,16)17)8-10-3-2-4-11(14)7-10/h2-4,7,12,18H,5-6,8-9H2,1H3. The number of hydrogen-bond acceptors (Lipinski definition) is 2. The predicted molar refractivity (Wildman–Crippen MR) is 72.2 cm³/mol. The first-order valence-corrected chi connectivity index (χ1v) is 6.76. The number of rotatable bonds is 7. The summed E-state index contributed by atoms with van der Waals surface area (Å²) in [7, 11) is 1.80. The number of ether oxygens (including phenoxy) is 1. The number of alkyl halides is 3. The molecule has 0 aliphatic carbocycles. The SMILES string of the molecule is CNC(CCOCC(F)(F)F)Cc1cccc(Br)c1. The van der Waals surface area contributed by atoms with Crippen molar-refractivity contribution in [3.63, 3.8) is 0 Å². The summed E-state index contributed by atoms with van der Waals surface area (Å²) in [6.07, 6.45) is -2.95. The average Bonchev–Trinajstić information content (AvgIpc) is 2.32. The first kappa shape index (κ1) is 16.5. The van der Waals surface area contributed by atoms with Crippen molar-refractivity contribution >= 4 is 15.9 Å². The molecule has 0 amide bonds. The van der Waals surface area contributed by atoms with Crippen LogP contribution in [0.1, 0.15) is 12.0 Å². The molecular formula is C13H17BrF3NO. The minimum absolute atomic E-state index is 0.0962. The first-order valence-electron chi connectivity index (χ1n) is 5.97. The van der Waals surface area contributed by atoms with E-state index in [1.54, 1.807) is 7.05 Å². The van der Waals surface area contributed by atoms with Gasteiger partial charge in [-0.2, -0.15) is 13.2 Å². The molecule has 108 valence electrons. The highest BCUT2D eigenvalue weighted by Gasteiger charge is 2.27. The Morgan fingerprint density at radius 2 is 2.11 bits per heavy atom. The summed E-state index contributed by atoms with van der Waals surface area (Å²) in [5, 5.41) is 3.09. The van der Waals surface area contributed by atoms with E-state index < -0.39 is 12.8 Å². The van der Waals surface area contributed by atoms with E-state index in [4.69, 9.17) is 0 Å². The third-order valence-corrected chi connectivity index (χ3v) is 3.15. The minimum atomic E-state index is -4.25. The Bertz CT molecular complexity index is 384. The lowest BCUT2D eigenvalue weighted by atomic mass is 10.0. The molecule has 1 atom stereocenters. The Labute approximate surface area is 119 Å². The number of hydrogen-bond donors (Lipinski definition) is 1. The Balaban J connectivity index is 2.34. The zero-order valence-corrected chi connectivity index (χ0v) is 12.2. The van der Waals surface area contributed by atoms with E-state index in [1.165, 1.54) is 0 Å². The van der Waals surface area contributed by atoms with Gasteiger partial charge in [0.15, 0.2) is 0 Å². The summed E-state index contributed by atoms with van der Waals surface area (Å²) in [6, 6.07) is 7.96. The van der Waals surface area contributed by atoms with Gasteiger partial charge in [-0.1, -0.05) is 28.1 Å². The molecule has 19 heavy (non-hydrogen) atoms. The third-order valence-electron chi connectivity index (χ3n) is 2.66. The van der Waals surface area contributed by atoms with Crippen LogP contribution in [0.2, 0.25) is 0 Å². The lowest BCUT2D eigenvalue weighted by Crippen LogP contribution is -2.29. The molecular weight excluding hydrogens is 323 g/mol. The molecule has 1 N–H and O–H groups in total. The van der Waals surface area contributed by atoms with Gasteiger partial charge in [-0.15, -0.1) is 0 Å². The predicted octanol–water partition coefficient (Wildman–Crippen LogP) is 3.55. The molecule has 0 spiro atoms. The van der Waals surface area contributed by atoms with Gasteiger partial charge in [0.2, 0.25) is 0 Å². The van der Waals surface area contributed by atoms with E-state index in [0.717, 1.165) is 16.5 Å². The molecule has 1 aromatic rings. The van der Waals surface area contributed by atoms with Gasteiger partial charge in [0.25, 0.3) is 0 Å². The molecule has 1 rings (SSSR count). The van der Waals surface area contributed by atoms with Crippen molar-refractivity contribution in [2.24, 2.45) is 0 Å². The Morgan fingerprint density at radius 1 is 1.37 bits per heavy atom. The third kappa shape index (κ3) is 7.54. The van der Waals surface area contributed by atoms with Gasteiger partial charge in [-0.3, -0.25) is 0 Å². The van der Waals surface area contributed by atoms with E-state index in [0.29, 0.717) is 6.42 Å². The van der Waals surface area contributed by atoms with Crippen molar-refractivity contribution in [1.29, 1.82) is 0 Å². The Morgan fingerprint density at radius 3 is 2.68 bits per heavy atom. The molecule has 0 saturated heterocycles. The van der Waals surface area contributed by atoms with Crippen LogP contribution in [0.25, 0.3) is 0 Å². The molecule has 2 nitrogen and oxygen atoms in total. The minimum Gasteiger partial charge on any atom is -0.372 e. The second-order valence-corrected chi connectivity index (χ2v) is 5.19. The van der Waals surface area contributed by atoms with Crippen LogP contribution in [0.4, 0.5) is 13.2 Å². The van der Waals surface area contributed by atoms with E-state index in [9.17, 15) is 13.2 Å². The van der Waals surface area contributed by atoms with Crippen LogP contribution in [-0.2, 0) is 11.2 Å². The maximum Gasteiger partial charge on any atom is 0.411 e. The zero-order chi connectivity index (χ0) is 14.3. The van der Waals surface area contributed by atoms with Crippen LogP contribution in [0, 0.1) is 0 Å². The first-order chi connectivity index (χ1) is 8.90. The molecule has 0 aliphatic heterocycles. The second-order valence-electron chi connectivity index (χ2n) is 4.28. The largest absolute Gasteiger partial charge is 0.411 e. The van der Waals surface area contributed by atoms with Crippen molar-refractivity contribution in [1.82, 2.24) is 5.32 Å². The van der Waals surface area contributed by atoms with E-state index in [-0.39, 0.29) is 12.6 Å². The van der Waals surface area contributed by atoms with E-state index in [1.807, 2.05) is 24.3 Å². The summed E-state index contributed by atoms with van der Waals surface area (Å²) < 4.78 is 41.3. The monoisotopic (exact) mass is 339 g/mol.